The van der Waals surface area contributed by atoms with E-state index >= 15 is 0 Å². The van der Waals surface area contributed by atoms with Crippen LogP contribution in [0, 0.1) is 11.7 Å². The molecule has 148 valence electrons. The minimum absolute atomic E-state index is 0.0595. The molecular formula is C21H23ClFN3O2. The first kappa shape index (κ1) is 20.1. The number of hydrogen-bond donors (Lipinski definition) is 2. The van der Waals surface area contributed by atoms with Gasteiger partial charge in [-0.3, -0.25) is 4.79 Å². The van der Waals surface area contributed by atoms with Gasteiger partial charge in [-0.1, -0.05) is 23.7 Å². The molecule has 1 aliphatic heterocycles. The number of carbonyl (C=O) groups is 2. The van der Waals surface area contributed by atoms with E-state index in [4.69, 9.17) is 11.6 Å². The first-order valence-corrected chi connectivity index (χ1v) is 9.75. The summed E-state index contributed by atoms with van der Waals surface area (Å²) in [5.74, 6) is 0.0508. The summed E-state index contributed by atoms with van der Waals surface area (Å²) in [4.78, 5) is 26.2. The third kappa shape index (κ3) is 5.45. The van der Waals surface area contributed by atoms with E-state index in [-0.39, 0.29) is 17.8 Å². The highest BCUT2D eigenvalue weighted by atomic mass is 35.5. The zero-order chi connectivity index (χ0) is 19.9. The summed E-state index contributed by atoms with van der Waals surface area (Å²) in [5.41, 5.74) is 1.09. The normalized spacial score (nSPS) is 14.6. The van der Waals surface area contributed by atoms with E-state index < -0.39 is 0 Å². The van der Waals surface area contributed by atoms with Crippen molar-refractivity contribution in [2.45, 2.75) is 19.3 Å². The van der Waals surface area contributed by atoms with E-state index in [9.17, 15) is 14.0 Å². The Morgan fingerprint density at radius 1 is 1.07 bits per heavy atom. The summed E-state index contributed by atoms with van der Waals surface area (Å²) >= 11 is 6.02. The van der Waals surface area contributed by atoms with Gasteiger partial charge in [-0.15, -0.1) is 0 Å². The maximum atomic E-state index is 13.0. The first-order chi connectivity index (χ1) is 13.5. The van der Waals surface area contributed by atoms with E-state index in [1.54, 1.807) is 23.1 Å². The number of amides is 3. The fraction of sp³-hybridized carbons (Fsp3) is 0.333. The molecule has 1 saturated heterocycles. The molecule has 2 N–H and O–H groups in total. The van der Waals surface area contributed by atoms with Crippen molar-refractivity contribution in [3.8, 4) is 0 Å². The van der Waals surface area contributed by atoms with Gasteiger partial charge in [-0.25, -0.2) is 9.18 Å². The van der Waals surface area contributed by atoms with Crippen molar-refractivity contribution in [1.82, 2.24) is 10.2 Å². The monoisotopic (exact) mass is 403 g/mol. The van der Waals surface area contributed by atoms with Crippen molar-refractivity contribution in [2.24, 2.45) is 5.92 Å². The molecule has 1 heterocycles. The molecule has 0 spiro atoms. The Hall–Kier alpha value is -2.60. The van der Waals surface area contributed by atoms with Crippen molar-refractivity contribution in [3.05, 3.63) is 64.9 Å². The highest BCUT2D eigenvalue weighted by molar-refractivity contribution is 6.33. The van der Waals surface area contributed by atoms with Crippen molar-refractivity contribution in [2.75, 3.05) is 25.0 Å². The number of urea groups is 1. The number of hydrogen-bond acceptors (Lipinski definition) is 2. The minimum atomic E-state index is -0.346. The van der Waals surface area contributed by atoms with Crippen LogP contribution in [0.15, 0.2) is 48.5 Å². The van der Waals surface area contributed by atoms with Crippen molar-refractivity contribution < 1.29 is 14.0 Å². The van der Waals surface area contributed by atoms with Crippen LogP contribution in [0.25, 0.3) is 0 Å². The lowest BCUT2D eigenvalue weighted by atomic mass is 9.93. The van der Waals surface area contributed by atoms with Gasteiger partial charge in [-0.2, -0.15) is 0 Å². The molecule has 28 heavy (non-hydrogen) atoms. The summed E-state index contributed by atoms with van der Waals surface area (Å²) < 4.78 is 13.0. The van der Waals surface area contributed by atoms with Crippen LogP contribution in [0.4, 0.5) is 14.9 Å². The summed E-state index contributed by atoms with van der Waals surface area (Å²) in [5, 5.41) is 6.07. The van der Waals surface area contributed by atoms with Gasteiger partial charge in [0.25, 0.3) is 5.91 Å². The van der Waals surface area contributed by atoms with Gasteiger partial charge in [0.15, 0.2) is 0 Å². The fourth-order valence-electron chi connectivity index (χ4n) is 3.32. The topological polar surface area (TPSA) is 61.4 Å². The molecule has 5 nitrogen and oxygen atoms in total. The maximum absolute atomic E-state index is 13.0. The maximum Gasteiger partial charge on any atom is 0.319 e. The molecule has 1 fully saturated rings. The molecule has 0 bridgehead atoms. The van der Waals surface area contributed by atoms with Crippen LogP contribution >= 0.6 is 11.6 Å². The largest absolute Gasteiger partial charge is 0.339 e. The van der Waals surface area contributed by atoms with Crippen LogP contribution in [0.1, 0.15) is 29.6 Å². The summed E-state index contributed by atoms with van der Waals surface area (Å²) in [6.45, 7) is 1.91. The lowest BCUT2D eigenvalue weighted by molar-refractivity contribution is 0.0687. The highest BCUT2D eigenvalue weighted by Gasteiger charge is 2.23. The van der Waals surface area contributed by atoms with E-state index in [1.165, 1.54) is 24.3 Å². The van der Waals surface area contributed by atoms with Crippen LogP contribution in [0.5, 0.6) is 0 Å². The molecule has 0 aliphatic carbocycles. The van der Waals surface area contributed by atoms with Gasteiger partial charge in [0, 0.05) is 25.2 Å². The molecule has 0 saturated carbocycles. The van der Waals surface area contributed by atoms with E-state index in [2.05, 4.69) is 10.6 Å². The molecule has 2 aromatic rings. The van der Waals surface area contributed by atoms with Crippen molar-refractivity contribution >= 4 is 29.2 Å². The summed E-state index contributed by atoms with van der Waals surface area (Å²) in [7, 11) is 0. The van der Waals surface area contributed by atoms with Crippen molar-refractivity contribution in [3.63, 3.8) is 0 Å². The lowest BCUT2D eigenvalue weighted by Gasteiger charge is -2.32. The number of piperidine rings is 1. The SMILES string of the molecule is O=C(NCCC1CCN(C(=O)c2ccc(F)cc2)CC1)Nc1ccccc1Cl. The smallest absolute Gasteiger partial charge is 0.319 e. The number of anilines is 1. The van der Waals surface area contributed by atoms with Crippen LogP contribution in [0.3, 0.4) is 0 Å². The standard InChI is InChI=1S/C21H23ClFN3O2/c22-18-3-1-2-4-19(18)25-21(28)24-12-9-15-10-13-26(14-11-15)20(27)16-5-7-17(23)8-6-16/h1-8,15H,9-14H2,(H2,24,25,28). The minimum Gasteiger partial charge on any atom is -0.339 e. The molecular weight excluding hydrogens is 381 g/mol. The average molecular weight is 404 g/mol. The molecule has 0 unspecified atom stereocenters. The molecule has 0 radical (unpaired) electrons. The van der Waals surface area contributed by atoms with Gasteiger partial charge in [0.2, 0.25) is 0 Å². The highest BCUT2D eigenvalue weighted by Crippen LogP contribution is 2.22. The Kier molecular flexibility index (Phi) is 6.87. The summed E-state index contributed by atoms with van der Waals surface area (Å²) in [6, 6.07) is 12.4. The molecule has 3 amide bonds. The van der Waals surface area contributed by atoms with Gasteiger partial charge < -0.3 is 15.5 Å². The number of carbonyl (C=O) groups excluding carboxylic acids is 2. The van der Waals surface area contributed by atoms with Crippen molar-refractivity contribution in [1.29, 1.82) is 0 Å². The molecule has 7 heteroatoms. The number of nitrogens with one attached hydrogen (secondary N) is 2. The van der Waals surface area contributed by atoms with Crippen LogP contribution in [-0.2, 0) is 0 Å². The second kappa shape index (κ2) is 9.55. The van der Waals surface area contributed by atoms with Gasteiger partial charge in [0.05, 0.1) is 10.7 Å². The molecule has 0 aromatic heterocycles. The predicted octanol–water partition coefficient (Wildman–Crippen LogP) is 4.54. The van der Waals surface area contributed by atoms with E-state index in [1.807, 2.05) is 6.07 Å². The average Bonchev–Trinajstić information content (AvgIpc) is 2.70. The zero-order valence-corrected chi connectivity index (χ0v) is 16.2. The number of nitrogens with zero attached hydrogens (tertiary/aromatic N) is 1. The number of benzene rings is 2. The number of rotatable bonds is 5. The predicted molar refractivity (Wildman–Crippen MR) is 108 cm³/mol. The summed E-state index contributed by atoms with van der Waals surface area (Å²) in [6.07, 6.45) is 2.63. The third-order valence-electron chi connectivity index (χ3n) is 4.95. The molecule has 0 atom stereocenters. The Labute approximate surface area is 168 Å². The Morgan fingerprint density at radius 3 is 2.43 bits per heavy atom. The third-order valence-corrected chi connectivity index (χ3v) is 5.28. The van der Waals surface area contributed by atoms with E-state index in [0.717, 1.165) is 19.3 Å². The lowest BCUT2D eigenvalue weighted by Crippen LogP contribution is -2.39. The number of likely N-dealkylation sites (tertiary alicyclic amines) is 1. The quantitative estimate of drug-likeness (QED) is 0.769. The molecule has 2 aromatic carbocycles. The first-order valence-electron chi connectivity index (χ1n) is 9.37. The van der Waals surface area contributed by atoms with Crippen LogP contribution in [0.2, 0.25) is 5.02 Å². The Bertz CT molecular complexity index is 821. The fourth-order valence-corrected chi connectivity index (χ4v) is 3.50. The van der Waals surface area contributed by atoms with Gasteiger partial charge in [-0.05, 0) is 61.6 Å². The van der Waals surface area contributed by atoms with Gasteiger partial charge in [0.1, 0.15) is 5.82 Å². The van der Waals surface area contributed by atoms with Crippen LogP contribution in [-0.4, -0.2) is 36.5 Å². The Balaban J connectivity index is 1.37. The van der Waals surface area contributed by atoms with E-state index in [0.29, 0.717) is 41.8 Å². The van der Waals surface area contributed by atoms with Gasteiger partial charge >= 0.3 is 6.03 Å². The Morgan fingerprint density at radius 2 is 1.75 bits per heavy atom. The molecule has 1 aliphatic rings. The number of para-hydroxylation sites is 1. The zero-order valence-electron chi connectivity index (χ0n) is 15.5. The second-order valence-corrected chi connectivity index (χ2v) is 7.30. The van der Waals surface area contributed by atoms with Crippen LogP contribution < -0.4 is 10.6 Å². The molecule has 3 rings (SSSR count). The number of halogens is 2. The second-order valence-electron chi connectivity index (χ2n) is 6.89.